The van der Waals surface area contributed by atoms with Crippen LogP contribution in [0.2, 0.25) is 0 Å². The molecule has 2 fully saturated rings. The highest BCUT2D eigenvalue weighted by molar-refractivity contribution is 5.85. The minimum Gasteiger partial charge on any atom is -0.381 e. The van der Waals surface area contributed by atoms with E-state index in [1.165, 1.54) is 0 Å². The molecule has 13 heavy (non-hydrogen) atoms. The molecule has 1 N–H and O–H groups in total. The summed E-state index contributed by atoms with van der Waals surface area (Å²) < 4.78 is 11.0. The van der Waals surface area contributed by atoms with Gasteiger partial charge in [-0.05, 0) is 12.3 Å². The van der Waals surface area contributed by atoms with E-state index < -0.39 is 0 Å². The Balaban J connectivity index is 0.000000845. The minimum absolute atomic E-state index is 0. The van der Waals surface area contributed by atoms with Crippen molar-refractivity contribution in [2.24, 2.45) is 11.8 Å². The molecule has 0 spiro atoms. The van der Waals surface area contributed by atoms with Crippen LogP contribution in [-0.4, -0.2) is 32.6 Å². The van der Waals surface area contributed by atoms with Gasteiger partial charge in [-0.15, -0.1) is 12.4 Å². The van der Waals surface area contributed by atoms with Crippen molar-refractivity contribution in [1.82, 2.24) is 5.32 Å². The molecule has 0 saturated carbocycles. The first-order chi connectivity index (χ1) is 5.86. The summed E-state index contributed by atoms with van der Waals surface area (Å²) in [5, 5.41) is 3.41. The van der Waals surface area contributed by atoms with E-state index >= 15 is 0 Å². The molecule has 2 heterocycles. The average Bonchev–Trinajstić information content (AvgIpc) is 2.58. The molecule has 0 bridgehead atoms. The highest BCUT2D eigenvalue weighted by Crippen LogP contribution is 2.20. The van der Waals surface area contributed by atoms with Gasteiger partial charge in [-0.3, -0.25) is 5.32 Å². The van der Waals surface area contributed by atoms with Gasteiger partial charge in [0.2, 0.25) is 0 Å². The first kappa shape index (κ1) is 11.2. The monoisotopic (exact) mass is 207 g/mol. The van der Waals surface area contributed by atoms with Crippen LogP contribution in [0.25, 0.3) is 0 Å². The van der Waals surface area contributed by atoms with Crippen molar-refractivity contribution in [2.75, 3.05) is 26.4 Å². The smallest absolute Gasteiger partial charge is 0.113 e. The lowest BCUT2D eigenvalue weighted by molar-refractivity contribution is -0.0572. The van der Waals surface area contributed by atoms with Crippen LogP contribution >= 0.6 is 12.4 Å². The summed E-state index contributed by atoms with van der Waals surface area (Å²) in [6.45, 7) is 5.96. The Kier molecular flexibility index (Phi) is 4.46. The van der Waals surface area contributed by atoms with Gasteiger partial charge in [0, 0.05) is 19.1 Å². The zero-order valence-electron chi connectivity index (χ0n) is 7.99. The largest absolute Gasteiger partial charge is 0.381 e. The fourth-order valence-electron chi connectivity index (χ4n) is 1.80. The Hall–Kier alpha value is 0.170. The summed E-state index contributed by atoms with van der Waals surface area (Å²) in [4.78, 5) is 0. The summed E-state index contributed by atoms with van der Waals surface area (Å²) in [5.41, 5.74) is 0. The fourth-order valence-corrected chi connectivity index (χ4v) is 1.80. The molecule has 2 aliphatic heterocycles. The minimum atomic E-state index is 0. The second-order valence-electron chi connectivity index (χ2n) is 3.89. The Morgan fingerprint density at radius 3 is 2.69 bits per heavy atom. The van der Waals surface area contributed by atoms with Crippen LogP contribution in [-0.2, 0) is 9.47 Å². The van der Waals surface area contributed by atoms with Crippen molar-refractivity contribution >= 4 is 12.4 Å². The third-order valence-electron chi connectivity index (χ3n) is 2.62. The second kappa shape index (κ2) is 5.15. The predicted octanol–water partition coefficient (Wildman–Crippen LogP) is 1.03. The molecule has 3 atom stereocenters. The summed E-state index contributed by atoms with van der Waals surface area (Å²) in [7, 11) is 0. The lowest BCUT2D eigenvalue weighted by Gasteiger charge is -2.31. The number of hydrogen-bond acceptors (Lipinski definition) is 3. The van der Waals surface area contributed by atoms with Crippen LogP contribution < -0.4 is 5.32 Å². The van der Waals surface area contributed by atoms with Crippen LogP contribution in [0.15, 0.2) is 0 Å². The van der Waals surface area contributed by atoms with Gasteiger partial charge in [-0.2, -0.15) is 0 Å². The van der Waals surface area contributed by atoms with Gasteiger partial charge in [0.1, 0.15) is 6.23 Å². The average molecular weight is 208 g/mol. The Bertz CT molecular complexity index is 143. The van der Waals surface area contributed by atoms with Gasteiger partial charge in [0.25, 0.3) is 0 Å². The van der Waals surface area contributed by atoms with E-state index in [4.69, 9.17) is 9.47 Å². The summed E-state index contributed by atoms with van der Waals surface area (Å²) >= 11 is 0. The second-order valence-corrected chi connectivity index (χ2v) is 3.89. The lowest BCUT2D eigenvalue weighted by Crippen LogP contribution is -2.46. The third-order valence-corrected chi connectivity index (χ3v) is 2.62. The molecule has 78 valence electrons. The lowest BCUT2D eigenvalue weighted by atomic mass is 10.0. The molecule has 2 aliphatic rings. The molecule has 3 unspecified atom stereocenters. The van der Waals surface area contributed by atoms with Gasteiger partial charge in [-0.25, -0.2) is 0 Å². The third kappa shape index (κ3) is 2.81. The highest BCUT2D eigenvalue weighted by atomic mass is 35.5. The van der Waals surface area contributed by atoms with E-state index in [9.17, 15) is 0 Å². The fraction of sp³-hybridized carbons (Fsp3) is 1.00. The zero-order chi connectivity index (χ0) is 8.39. The maximum atomic E-state index is 5.68. The maximum Gasteiger partial charge on any atom is 0.113 e. The Morgan fingerprint density at radius 1 is 1.31 bits per heavy atom. The molecule has 0 aromatic heterocycles. The molecule has 0 aromatic rings. The molecule has 2 saturated heterocycles. The standard InChI is InChI=1S/C9H17NO2.ClH/c1-7-4-10-9(12-5-7)8-2-3-11-6-8;/h7-10H,2-6H2,1H3;1H. The van der Waals surface area contributed by atoms with Crippen molar-refractivity contribution in [3.63, 3.8) is 0 Å². The van der Waals surface area contributed by atoms with Crippen molar-refractivity contribution < 1.29 is 9.47 Å². The zero-order valence-corrected chi connectivity index (χ0v) is 8.81. The molecule has 4 heteroatoms. The van der Waals surface area contributed by atoms with Gasteiger partial charge in [-0.1, -0.05) is 6.92 Å². The number of rotatable bonds is 1. The summed E-state index contributed by atoms with van der Waals surface area (Å²) in [6, 6.07) is 0. The summed E-state index contributed by atoms with van der Waals surface area (Å²) in [6.07, 6.45) is 1.40. The van der Waals surface area contributed by atoms with Crippen LogP contribution in [0.4, 0.5) is 0 Å². The predicted molar refractivity (Wildman–Crippen MR) is 53.1 cm³/mol. The number of hydrogen-bond donors (Lipinski definition) is 1. The number of halogens is 1. The van der Waals surface area contributed by atoms with Gasteiger partial charge < -0.3 is 9.47 Å². The number of ether oxygens (including phenoxy) is 2. The molecule has 2 rings (SSSR count). The molecule has 0 aromatic carbocycles. The van der Waals surface area contributed by atoms with Crippen LogP contribution in [0, 0.1) is 11.8 Å². The molecular weight excluding hydrogens is 190 g/mol. The van der Waals surface area contributed by atoms with E-state index in [0.29, 0.717) is 11.8 Å². The maximum absolute atomic E-state index is 5.68. The quantitative estimate of drug-likeness (QED) is 0.697. The Labute approximate surface area is 85.6 Å². The molecule has 0 radical (unpaired) electrons. The van der Waals surface area contributed by atoms with Gasteiger partial charge in [0.05, 0.1) is 13.2 Å². The van der Waals surface area contributed by atoms with Crippen molar-refractivity contribution in [2.45, 2.75) is 19.6 Å². The molecular formula is C9H18ClNO2. The van der Waals surface area contributed by atoms with Crippen LogP contribution in [0.5, 0.6) is 0 Å². The van der Waals surface area contributed by atoms with E-state index in [-0.39, 0.29) is 18.6 Å². The van der Waals surface area contributed by atoms with Crippen LogP contribution in [0.3, 0.4) is 0 Å². The topological polar surface area (TPSA) is 30.5 Å². The van der Waals surface area contributed by atoms with E-state index in [2.05, 4.69) is 12.2 Å². The normalized spacial score (nSPS) is 39.9. The van der Waals surface area contributed by atoms with E-state index in [0.717, 1.165) is 32.8 Å². The van der Waals surface area contributed by atoms with Crippen molar-refractivity contribution in [3.8, 4) is 0 Å². The SMILES string of the molecule is CC1CNC(C2CCOC2)OC1.Cl. The van der Waals surface area contributed by atoms with Gasteiger partial charge in [0.15, 0.2) is 0 Å². The Morgan fingerprint density at radius 2 is 2.15 bits per heavy atom. The van der Waals surface area contributed by atoms with Crippen LogP contribution in [0.1, 0.15) is 13.3 Å². The molecule has 0 amide bonds. The summed E-state index contributed by atoms with van der Waals surface area (Å²) in [5.74, 6) is 1.24. The van der Waals surface area contributed by atoms with E-state index in [1.54, 1.807) is 0 Å². The number of nitrogens with one attached hydrogen (secondary N) is 1. The first-order valence-corrected chi connectivity index (χ1v) is 4.79. The highest BCUT2D eigenvalue weighted by Gasteiger charge is 2.29. The first-order valence-electron chi connectivity index (χ1n) is 4.79. The molecule has 3 nitrogen and oxygen atoms in total. The van der Waals surface area contributed by atoms with Gasteiger partial charge >= 0.3 is 0 Å². The molecule has 0 aliphatic carbocycles. The van der Waals surface area contributed by atoms with E-state index in [1.807, 2.05) is 0 Å². The van der Waals surface area contributed by atoms with Crippen molar-refractivity contribution in [3.05, 3.63) is 0 Å². The van der Waals surface area contributed by atoms with Crippen molar-refractivity contribution in [1.29, 1.82) is 0 Å².